The lowest BCUT2D eigenvalue weighted by atomic mass is 10.1. The average Bonchev–Trinajstić information content (AvgIpc) is 3.01. The van der Waals surface area contributed by atoms with E-state index in [1.807, 2.05) is 23.2 Å². The topological polar surface area (TPSA) is 42.4 Å². The summed E-state index contributed by atoms with van der Waals surface area (Å²) in [6.45, 7) is 1.94. The molecule has 1 aromatic heterocycles. The Hall–Kier alpha value is -1.68. The molecule has 106 valence electrons. The molecule has 1 unspecified atom stereocenters. The van der Waals surface area contributed by atoms with Crippen LogP contribution < -0.4 is 0 Å². The van der Waals surface area contributed by atoms with Crippen molar-refractivity contribution in [2.45, 2.75) is 31.8 Å². The Balaban J connectivity index is 1.61. The van der Waals surface area contributed by atoms with Crippen molar-refractivity contribution in [2.24, 2.45) is 0 Å². The van der Waals surface area contributed by atoms with E-state index in [1.165, 1.54) is 12.0 Å². The van der Waals surface area contributed by atoms with Gasteiger partial charge in [-0.3, -0.25) is 9.78 Å². The molecule has 0 bridgehead atoms. The molecule has 1 amide bonds. The van der Waals surface area contributed by atoms with Gasteiger partial charge in [-0.1, -0.05) is 17.7 Å². The van der Waals surface area contributed by atoms with Gasteiger partial charge in [0.15, 0.2) is 0 Å². The number of carbonyl (C=O) groups is 1. The number of pyridine rings is 1. The minimum absolute atomic E-state index is 0.0426. The number of hydrogen-bond donors (Lipinski definition) is 0. The number of rotatable bonds is 3. The van der Waals surface area contributed by atoms with E-state index in [0.29, 0.717) is 26.1 Å². The van der Waals surface area contributed by atoms with E-state index in [1.54, 1.807) is 6.20 Å². The van der Waals surface area contributed by atoms with Crippen LogP contribution in [0, 0.1) is 0 Å². The zero-order chi connectivity index (χ0) is 13.8. The van der Waals surface area contributed by atoms with Gasteiger partial charge < -0.3 is 9.64 Å². The van der Waals surface area contributed by atoms with Crippen LogP contribution in [0.15, 0.2) is 36.2 Å². The quantitative estimate of drug-likeness (QED) is 0.794. The molecule has 1 aliphatic carbocycles. The van der Waals surface area contributed by atoms with Crippen LogP contribution in [0.4, 0.5) is 0 Å². The smallest absolute Gasteiger partial charge is 0.226 e. The van der Waals surface area contributed by atoms with Crippen LogP contribution in [-0.4, -0.2) is 35.5 Å². The molecule has 0 N–H and O–H groups in total. The number of carbonyl (C=O) groups excluding carboxylic acids is 1. The minimum atomic E-state index is -0.0426. The lowest BCUT2D eigenvalue weighted by Crippen LogP contribution is -2.42. The molecule has 1 aliphatic heterocycles. The number of allylic oxidation sites excluding steroid dienone is 1. The number of hydrogen-bond acceptors (Lipinski definition) is 3. The van der Waals surface area contributed by atoms with Crippen LogP contribution in [0.1, 0.15) is 37.4 Å². The predicted molar refractivity (Wildman–Crippen MR) is 76.1 cm³/mol. The van der Waals surface area contributed by atoms with E-state index in [0.717, 1.165) is 18.4 Å². The molecule has 20 heavy (non-hydrogen) atoms. The fourth-order valence-electron chi connectivity index (χ4n) is 2.85. The van der Waals surface area contributed by atoms with Crippen molar-refractivity contribution in [3.63, 3.8) is 0 Å². The van der Waals surface area contributed by atoms with Gasteiger partial charge in [0, 0.05) is 30.9 Å². The Kier molecular flexibility index (Phi) is 4.11. The third-order valence-electron chi connectivity index (χ3n) is 3.99. The normalized spacial score (nSPS) is 22.7. The van der Waals surface area contributed by atoms with E-state index in [2.05, 4.69) is 11.1 Å². The second kappa shape index (κ2) is 6.18. The third kappa shape index (κ3) is 3.07. The lowest BCUT2D eigenvalue weighted by molar-refractivity contribution is -0.138. The second-order valence-electron chi connectivity index (χ2n) is 5.42. The van der Waals surface area contributed by atoms with E-state index in [-0.39, 0.29) is 12.0 Å². The standard InChI is InChI=1S/C16H20N2O2/c19-16(10-13-4-1-2-5-13)18-8-9-20-15(12-18)14-6-3-7-17-11-14/h3-4,6-7,11,15H,1-2,5,8-10,12H2. The van der Waals surface area contributed by atoms with Crippen molar-refractivity contribution in [3.8, 4) is 0 Å². The van der Waals surface area contributed by atoms with Crippen molar-refractivity contribution in [1.29, 1.82) is 0 Å². The molecular formula is C16H20N2O2. The zero-order valence-electron chi connectivity index (χ0n) is 11.6. The van der Waals surface area contributed by atoms with Crippen LogP contribution in [0.25, 0.3) is 0 Å². The highest BCUT2D eigenvalue weighted by Crippen LogP contribution is 2.25. The number of ether oxygens (including phenoxy) is 1. The van der Waals surface area contributed by atoms with Gasteiger partial charge in [-0.05, 0) is 25.3 Å². The number of aromatic nitrogens is 1. The fraction of sp³-hybridized carbons (Fsp3) is 0.500. The molecule has 1 fully saturated rings. The highest BCUT2D eigenvalue weighted by atomic mass is 16.5. The first kappa shape index (κ1) is 13.3. The maximum absolute atomic E-state index is 12.3. The SMILES string of the molecule is O=C(CC1=CCCC1)N1CCOC(c2cccnc2)C1. The Labute approximate surface area is 119 Å². The first-order valence-corrected chi connectivity index (χ1v) is 7.30. The molecule has 0 saturated carbocycles. The van der Waals surface area contributed by atoms with Gasteiger partial charge in [-0.2, -0.15) is 0 Å². The molecule has 1 atom stereocenters. The molecule has 3 rings (SSSR count). The van der Waals surface area contributed by atoms with Crippen molar-refractivity contribution >= 4 is 5.91 Å². The number of amides is 1. The summed E-state index contributed by atoms with van der Waals surface area (Å²) < 4.78 is 5.77. The van der Waals surface area contributed by atoms with Gasteiger partial charge in [0.1, 0.15) is 6.10 Å². The van der Waals surface area contributed by atoms with Gasteiger partial charge in [-0.25, -0.2) is 0 Å². The number of nitrogens with zero attached hydrogens (tertiary/aromatic N) is 2. The van der Waals surface area contributed by atoms with Crippen LogP contribution in [0.5, 0.6) is 0 Å². The van der Waals surface area contributed by atoms with Crippen LogP contribution in [-0.2, 0) is 9.53 Å². The largest absolute Gasteiger partial charge is 0.370 e. The van der Waals surface area contributed by atoms with Crippen LogP contribution >= 0.6 is 0 Å². The third-order valence-corrected chi connectivity index (χ3v) is 3.99. The van der Waals surface area contributed by atoms with Gasteiger partial charge in [-0.15, -0.1) is 0 Å². The Bertz CT molecular complexity index is 498. The molecule has 4 nitrogen and oxygen atoms in total. The fourth-order valence-corrected chi connectivity index (χ4v) is 2.85. The average molecular weight is 272 g/mol. The van der Waals surface area contributed by atoms with Gasteiger partial charge in [0.25, 0.3) is 0 Å². The Morgan fingerprint density at radius 2 is 2.45 bits per heavy atom. The van der Waals surface area contributed by atoms with E-state index >= 15 is 0 Å². The van der Waals surface area contributed by atoms with E-state index in [4.69, 9.17) is 4.74 Å². The van der Waals surface area contributed by atoms with Crippen molar-refractivity contribution in [3.05, 3.63) is 41.7 Å². The Morgan fingerprint density at radius 3 is 3.20 bits per heavy atom. The Morgan fingerprint density at radius 1 is 1.50 bits per heavy atom. The van der Waals surface area contributed by atoms with Crippen LogP contribution in [0.3, 0.4) is 0 Å². The molecule has 0 radical (unpaired) electrons. The summed E-state index contributed by atoms with van der Waals surface area (Å²) >= 11 is 0. The van der Waals surface area contributed by atoms with E-state index < -0.39 is 0 Å². The highest BCUT2D eigenvalue weighted by Gasteiger charge is 2.26. The molecule has 1 aromatic rings. The molecule has 1 saturated heterocycles. The number of morpholine rings is 1. The molecule has 2 aliphatic rings. The maximum atomic E-state index is 12.3. The van der Waals surface area contributed by atoms with Gasteiger partial charge in [0.2, 0.25) is 5.91 Å². The summed E-state index contributed by atoms with van der Waals surface area (Å²) in [6, 6.07) is 3.91. The molecule has 0 spiro atoms. The predicted octanol–water partition coefficient (Wildman–Crippen LogP) is 2.48. The van der Waals surface area contributed by atoms with Gasteiger partial charge >= 0.3 is 0 Å². The molecule has 2 heterocycles. The minimum Gasteiger partial charge on any atom is -0.370 e. The van der Waals surface area contributed by atoms with Gasteiger partial charge in [0.05, 0.1) is 13.2 Å². The summed E-state index contributed by atoms with van der Waals surface area (Å²) in [5.74, 6) is 0.232. The monoisotopic (exact) mass is 272 g/mol. The summed E-state index contributed by atoms with van der Waals surface area (Å²) in [4.78, 5) is 18.4. The summed E-state index contributed by atoms with van der Waals surface area (Å²) in [7, 11) is 0. The van der Waals surface area contributed by atoms with Crippen molar-refractivity contribution in [1.82, 2.24) is 9.88 Å². The zero-order valence-corrected chi connectivity index (χ0v) is 11.6. The molecule has 0 aromatic carbocycles. The van der Waals surface area contributed by atoms with E-state index in [9.17, 15) is 4.79 Å². The lowest BCUT2D eigenvalue weighted by Gasteiger charge is -2.33. The summed E-state index contributed by atoms with van der Waals surface area (Å²) in [5.41, 5.74) is 2.35. The molecule has 4 heteroatoms. The summed E-state index contributed by atoms with van der Waals surface area (Å²) in [6.07, 6.45) is 9.74. The van der Waals surface area contributed by atoms with Crippen molar-refractivity contribution in [2.75, 3.05) is 19.7 Å². The summed E-state index contributed by atoms with van der Waals surface area (Å²) in [5, 5.41) is 0. The first-order chi connectivity index (χ1) is 9.83. The molecular weight excluding hydrogens is 252 g/mol. The highest BCUT2D eigenvalue weighted by molar-refractivity contribution is 5.79. The van der Waals surface area contributed by atoms with Crippen LogP contribution in [0.2, 0.25) is 0 Å². The maximum Gasteiger partial charge on any atom is 0.226 e. The second-order valence-corrected chi connectivity index (χ2v) is 5.42. The first-order valence-electron chi connectivity index (χ1n) is 7.30. The van der Waals surface area contributed by atoms with Crippen molar-refractivity contribution < 1.29 is 9.53 Å².